The summed E-state index contributed by atoms with van der Waals surface area (Å²) in [6.45, 7) is 4.56. The Kier molecular flexibility index (Phi) is 5.76. The number of alkyl halides is 1. The topological polar surface area (TPSA) is 9.23 Å². The van der Waals surface area contributed by atoms with Gasteiger partial charge in [0.05, 0.1) is 0 Å². The number of halogens is 1. The molecule has 0 aromatic heterocycles. The van der Waals surface area contributed by atoms with Crippen molar-refractivity contribution in [2.75, 3.05) is 5.88 Å². The van der Waals surface area contributed by atoms with Crippen molar-refractivity contribution >= 4 is 30.4 Å². The van der Waals surface area contributed by atoms with Crippen LogP contribution in [0.3, 0.4) is 0 Å². The summed E-state index contributed by atoms with van der Waals surface area (Å²) < 4.78 is 5.73. The molecule has 1 aromatic rings. The second-order valence-corrected chi connectivity index (χ2v) is 10.7. The summed E-state index contributed by atoms with van der Waals surface area (Å²) in [6.07, 6.45) is 1.08. The fourth-order valence-electron chi connectivity index (χ4n) is 1.91. The van der Waals surface area contributed by atoms with Crippen LogP contribution in [-0.2, 0) is 10.5 Å². The van der Waals surface area contributed by atoms with Gasteiger partial charge in [-0.2, -0.15) is 0 Å². The second-order valence-electron chi connectivity index (χ2n) is 4.88. The highest BCUT2D eigenvalue weighted by atomic mass is 35.5. The predicted molar refractivity (Wildman–Crippen MR) is 77.7 cm³/mol. The van der Waals surface area contributed by atoms with Crippen molar-refractivity contribution in [3.05, 3.63) is 35.9 Å². The molecule has 0 heterocycles. The smallest absolute Gasteiger partial charge is 0.173 e. The first-order valence-electron chi connectivity index (χ1n) is 5.72. The maximum atomic E-state index is 6.06. The van der Waals surface area contributed by atoms with E-state index in [1.54, 1.807) is 0 Å². The Morgan fingerprint density at radius 2 is 1.94 bits per heavy atom. The van der Waals surface area contributed by atoms with Gasteiger partial charge >= 0.3 is 0 Å². The van der Waals surface area contributed by atoms with Gasteiger partial charge in [0, 0.05) is 5.88 Å². The van der Waals surface area contributed by atoms with E-state index in [0.717, 1.165) is 28.8 Å². The Morgan fingerprint density at radius 3 is 2.44 bits per heavy atom. The first-order chi connectivity index (χ1) is 7.57. The van der Waals surface area contributed by atoms with E-state index < -0.39 is 8.32 Å². The molecule has 0 aliphatic carbocycles. The Labute approximate surface area is 108 Å². The fourth-order valence-corrected chi connectivity index (χ4v) is 4.65. The Balaban J connectivity index is 2.56. The van der Waals surface area contributed by atoms with Crippen LogP contribution >= 0.6 is 11.6 Å². The highest BCUT2D eigenvalue weighted by Crippen LogP contribution is 2.22. The Morgan fingerprint density at radius 1 is 1.31 bits per heavy atom. The quantitative estimate of drug-likeness (QED) is 0.571. The third kappa shape index (κ3) is 4.83. The lowest BCUT2D eigenvalue weighted by Gasteiger charge is -2.25. The van der Waals surface area contributed by atoms with Gasteiger partial charge in [0.15, 0.2) is 8.32 Å². The normalized spacial score (nSPS) is 13.9. The standard InChI is InChI=1S/C12H21ClOSi2/c1-16(2,14-15)10-12(9-13)8-11-6-4-3-5-7-11/h3-7,12H,8-10H2,1-2,15H3. The van der Waals surface area contributed by atoms with Gasteiger partial charge in [0.25, 0.3) is 0 Å². The number of benzene rings is 1. The summed E-state index contributed by atoms with van der Waals surface area (Å²) >= 11 is 6.06. The molecular formula is C12H21ClOSi2. The molecule has 1 aromatic carbocycles. The summed E-state index contributed by atoms with van der Waals surface area (Å²) in [7, 11) is -0.591. The molecule has 1 nitrogen and oxygen atoms in total. The molecule has 0 amide bonds. The van der Waals surface area contributed by atoms with Gasteiger partial charge in [-0.25, -0.2) is 0 Å². The van der Waals surface area contributed by atoms with E-state index in [4.69, 9.17) is 15.7 Å². The number of hydrogen-bond acceptors (Lipinski definition) is 1. The molecule has 0 saturated heterocycles. The first-order valence-corrected chi connectivity index (χ1v) is 10.2. The zero-order valence-electron chi connectivity index (χ0n) is 10.4. The van der Waals surface area contributed by atoms with Gasteiger partial charge in [-0.15, -0.1) is 11.6 Å². The van der Waals surface area contributed by atoms with Crippen LogP contribution in [0.1, 0.15) is 5.56 Å². The summed E-state index contributed by atoms with van der Waals surface area (Å²) in [6, 6.07) is 11.7. The molecule has 0 fully saturated rings. The zero-order chi connectivity index (χ0) is 12.0. The van der Waals surface area contributed by atoms with Crippen LogP contribution in [0.15, 0.2) is 30.3 Å². The Bertz CT molecular complexity index is 303. The van der Waals surface area contributed by atoms with Crippen LogP contribution in [0.25, 0.3) is 0 Å². The Hall–Kier alpha value is -0.0962. The predicted octanol–water partition coefficient (Wildman–Crippen LogP) is 2.59. The fraction of sp³-hybridized carbons (Fsp3) is 0.500. The van der Waals surface area contributed by atoms with Crippen molar-refractivity contribution in [1.82, 2.24) is 0 Å². The number of rotatable bonds is 6. The molecule has 90 valence electrons. The van der Waals surface area contributed by atoms with Gasteiger partial charge in [0.1, 0.15) is 10.5 Å². The van der Waals surface area contributed by atoms with E-state index in [2.05, 4.69) is 43.4 Å². The van der Waals surface area contributed by atoms with Crippen molar-refractivity contribution in [3.8, 4) is 0 Å². The van der Waals surface area contributed by atoms with Gasteiger partial charge in [-0.3, -0.25) is 0 Å². The third-order valence-corrected chi connectivity index (χ3v) is 9.34. The highest BCUT2D eigenvalue weighted by Gasteiger charge is 2.24. The average molecular weight is 273 g/mol. The number of hydrogen-bond donors (Lipinski definition) is 0. The van der Waals surface area contributed by atoms with E-state index in [0.29, 0.717) is 5.92 Å². The molecule has 16 heavy (non-hydrogen) atoms. The molecule has 0 bridgehead atoms. The molecule has 0 N–H and O–H groups in total. The first kappa shape index (κ1) is 14.0. The van der Waals surface area contributed by atoms with E-state index in [-0.39, 0.29) is 0 Å². The van der Waals surface area contributed by atoms with Crippen LogP contribution in [-0.4, -0.2) is 24.7 Å². The van der Waals surface area contributed by atoms with Gasteiger partial charge in [-0.05, 0) is 37.0 Å². The molecule has 0 saturated carbocycles. The summed E-state index contributed by atoms with van der Waals surface area (Å²) in [4.78, 5) is 0. The van der Waals surface area contributed by atoms with Crippen LogP contribution in [0.4, 0.5) is 0 Å². The maximum Gasteiger partial charge on any atom is 0.173 e. The molecule has 1 atom stereocenters. The zero-order valence-corrected chi connectivity index (χ0v) is 14.1. The van der Waals surface area contributed by atoms with E-state index in [1.165, 1.54) is 5.56 Å². The minimum Gasteiger partial charge on any atom is -0.463 e. The van der Waals surface area contributed by atoms with Crippen LogP contribution in [0.2, 0.25) is 19.1 Å². The maximum absolute atomic E-state index is 6.06. The molecule has 0 aliphatic heterocycles. The van der Waals surface area contributed by atoms with Gasteiger partial charge in [-0.1, -0.05) is 30.3 Å². The summed E-state index contributed by atoms with van der Waals surface area (Å²) in [5.74, 6) is 1.29. The largest absolute Gasteiger partial charge is 0.463 e. The molecule has 0 aliphatic rings. The SMILES string of the molecule is C[Si](C)(CC(CCl)Cc1ccccc1)O[SiH3]. The lowest BCUT2D eigenvalue weighted by molar-refractivity contribution is 0.555. The van der Waals surface area contributed by atoms with Crippen molar-refractivity contribution in [1.29, 1.82) is 0 Å². The van der Waals surface area contributed by atoms with Gasteiger partial charge in [0.2, 0.25) is 0 Å². The van der Waals surface area contributed by atoms with E-state index >= 15 is 0 Å². The van der Waals surface area contributed by atoms with E-state index in [9.17, 15) is 0 Å². The van der Waals surface area contributed by atoms with Crippen molar-refractivity contribution < 1.29 is 4.12 Å². The van der Waals surface area contributed by atoms with Gasteiger partial charge < -0.3 is 4.12 Å². The van der Waals surface area contributed by atoms with E-state index in [1.807, 2.05) is 0 Å². The van der Waals surface area contributed by atoms with Crippen molar-refractivity contribution in [3.63, 3.8) is 0 Å². The molecular weight excluding hydrogens is 252 g/mol. The average Bonchev–Trinajstić information content (AvgIpc) is 2.29. The van der Waals surface area contributed by atoms with Crippen molar-refractivity contribution in [2.24, 2.45) is 5.92 Å². The molecule has 1 unspecified atom stereocenters. The van der Waals surface area contributed by atoms with Crippen LogP contribution < -0.4 is 0 Å². The van der Waals surface area contributed by atoms with Crippen LogP contribution in [0.5, 0.6) is 0 Å². The minimum absolute atomic E-state index is 0.555. The van der Waals surface area contributed by atoms with Crippen molar-refractivity contribution in [2.45, 2.75) is 25.6 Å². The summed E-state index contributed by atoms with van der Waals surface area (Å²) in [5.41, 5.74) is 1.38. The minimum atomic E-state index is -1.44. The lowest BCUT2D eigenvalue weighted by Crippen LogP contribution is -2.33. The summed E-state index contributed by atoms with van der Waals surface area (Å²) in [5, 5.41) is 0. The molecule has 4 heteroatoms. The third-order valence-electron chi connectivity index (χ3n) is 2.92. The van der Waals surface area contributed by atoms with Crippen LogP contribution in [0, 0.1) is 5.92 Å². The molecule has 1 rings (SSSR count). The monoisotopic (exact) mass is 272 g/mol. The second kappa shape index (κ2) is 6.59. The lowest BCUT2D eigenvalue weighted by atomic mass is 10.0. The molecule has 0 spiro atoms. The molecule has 0 radical (unpaired) electrons. The highest BCUT2D eigenvalue weighted by molar-refractivity contribution is 6.73.